The summed E-state index contributed by atoms with van der Waals surface area (Å²) in [5, 5.41) is 9.76. The van der Waals surface area contributed by atoms with E-state index >= 15 is 0 Å². The molecule has 0 saturated carbocycles. The number of benzene rings is 3. The number of hydrazone groups is 1. The van der Waals surface area contributed by atoms with Crippen LogP contribution in [-0.2, 0) is 14.8 Å². The molecule has 3 aromatic rings. The summed E-state index contributed by atoms with van der Waals surface area (Å²) >= 11 is 25.4. The molecule has 42 heavy (non-hydrogen) atoms. The number of sulfonamides is 1. The number of amidine groups is 1. The SMILES string of the molecule is CCN(CCNS(C)(=O)=O)c1ccc(/N=C2\C(=O)N(c3c(Cl)cc(Cl)cc3Cl)N=C2Nc2cc(C)ccc2Cl)c(C)c1. The first kappa shape index (κ1) is 32.1. The van der Waals surface area contributed by atoms with Gasteiger partial charge in [0.1, 0.15) is 5.69 Å². The molecule has 0 bridgehead atoms. The van der Waals surface area contributed by atoms with E-state index in [1.807, 2.05) is 49.9 Å². The summed E-state index contributed by atoms with van der Waals surface area (Å²) in [6.45, 7) is 7.17. The highest BCUT2D eigenvalue weighted by molar-refractivity contribution is 7.88. The van der Waals surface area contributed by atoms with Crippen molar-refractivity contribution in [1.29, 1.82) is 0 Å². The highest BCUT2D eigenvalue weighted by atomic mass is 35.5. The predicted molar refractivity (Wildman–Crippen MR) is 175 cm³/mol. The van der Waals surface area contributed by atoms with Crippen LogP contribution >= 0.6 is 46.4 Å². The van der Waals surface area contributed by atoms with Gasteiger partial charge in [0.2, 0.25) is 10.0 Å². The number of hydrogen-bond donors (Lipinski definition) is 2. The molecule has 1 heterocycles. The van der Waals surface area contributed by atoms with Crippen molar-refractivity contribution in [2.24, 2.45) is 10.1 Å². The summed E-state index contributed by atoms with van der Waals surface area (Å²) in [7, 11) is -3.29. The van der Waals surface area contributed by atoms with E-state index in [1.54, 1.807) is 12.1 Å². The Bertz CT molecular complexity index is 1690. The zero-order valence-electron chi connectivity index (χ0n) is 23.2. The van der Waals surface area contributed by atoms with Crippen molar-refractivity contribution < 1.29 is 13.2 Å². The molecule has 1 amide bonds. The standard InChI is InChI=1S/C28H28Cl4N6O3S/c1-5-37(11-10-33-42(4,40)41)19-7-9-23(17(3)13-19)34-25-27(35-24-12-16(2)6-8-20(24)30)36-38(28(25)39)26-21(31)14-18(29)15-22(26)32/h6-9,12-15,33H,5,10-11H2,1-4H3,(H,35,36)/b34-25-. The molecule has 1 aliphatic heterocycles. The molecular formula is C28H28Cl4N6O3S. The number of nitrogens with one attached hydrogen (secondary N) is 2. The lowest BCUT2D eigenvalue weighted by Gasteiger charge is -2.24. The van der Waals surface area contributed by atoms with Crippen LogP contribution in [0.2, 0.25) is 20.1 Å². The van der Waals surface area contributed by atoms with Crippen LogP contribution in [0, 0.1) is 13.8 Å². The summed E-state index contributed by atoms with van der Waals surface area (Å²) in [6.07, 6.45) is 1.13. The first-order valence-electron chi connectivity index (χ1n) is 12.8. The summed E-state index contributed by atoms with van der Waals surface area (Å²) in [6, 6.07) is 14.0. The molecule has 14 heteroatoms. The monoisotopic (exact) mass is 668 g/mol. The van der Waals surface area contributed by atoms with Crippen molar-refractivity contribution in [1.82, 2.24) is 4.72 Å². The van der Waals surface area contributed by atoms with Crippen LogP contribution in [0.15, 0.2) is 58.6 Å². The highest BCUT2D eigenvalue weighted by Crippen LogP contribution is 2.39. The Labute approximate surface area is 265 Å². The van der Waals surface area contributed by atoms with E-state index < -0.39 is 15.9 Å². The number of likely N-dealkylation sites (N-methyl/N-ethyl adjacent to an activating group) is 1. The van der Waals surface area contributed by atoms with Gasteiger partial charge in [-0.05, 0) is 74.4 Å². The van der Waals surface area contributed by atoms with Crippen LogP contribution in [0.4, 0.5) is 22.7 Å². The van der Waals surface area contributed by atoms with Crippen LogP contribution in [0.5, 0.6) is 0 Å². The van der Waals surface area contributed by atoms with Gasteiger partial charge < -0.3 is 10.2 Å². The van der Waals surface area contributed by atoms with Crippen molar-refractivity contribution in [2.45, 2.75) is 20.8 Å². The third-order valence-electron chi connectivity index (χ3n) is 6.29. The molecule has 0 fully saturated rings. The molecule has 2 N–H and O–H groups in total. The zero-order valence-corrected chi connectivity index (χ0v) is 27.0. The minimum Gasteiger partial charge on any atom is -0.370 e. The Hall–Kier alpha value is -2.86. The van der Waals surface area contributed by atoms with Crippen molar-refractivity contribution in [3.8, 4) is 0 Å². The second kappa shape index (κ2) is 13.2. The normalized spacial score (nSPS) is 14.5. The second-order valence-electron chi connectivity index (χ2n) is 9.57. The highest BCUT2D eigenvalue weighted by Gasteiger charge is 2.36. The van der Waals surface area contributed by atoms with Gasteiger partial charge in [0, 0.05) is 30.3 Å². The lowest BCUT2D eigenvalue weighted by atomic mass is 10.1. The Morgan fingerprint density at radius 3 is 2.29 bits per heavy atom. The molecule has 9 nitrogen and oxygen atoms in total. The second-order valence-corrected chi connectivity index (χ2v) is 13.1. The number of rotatable bonds is 9. The van der Waals surface area contributed by atoms with Gasteiger partial charge in [-0.25, -0.2) is 18.1 Å². The minimum absolute atomic E-state index is 0.0233. The zero-order chi connectivity index (χ0) is 30.8. The maximum absolute atomic E-state index is 13.8. The van der Waals surface area contributed by atoms with E-state index in [0.29, 0.717) is 34.5 Å². The fourth-order valence-corrected chi connectivity index (χ4v) is 5.85. The minimum atomic E-state index is -3.29. The van der Waals surface area contributed by atoms with Gasteiger partial charge in [0.25, 0.3) is 0 Å². The number of anilines is 3. The van der Waals surface area contributed by atoms with Gasteiger partial charge in [-0.2, -0.15) is 5.01 Å². The van der Waals surface area contributed by atoms with E-state index in [-0.39, 0.29) is 33.8 Å². The molecule has 0 spiro atoms. The van der Waals surface area contributed by atoms with E-state index in [1.165, 1.54) is 12.1 Å². The van der Waals surface area contributed by atoms with E-state index in [2.05, 4.69) is 15.1 Å². The summed E-state index contributed by atoms with van der Waals surface area (Å²) in [5.41, 5.74) is 3.88. The smallest absolute Gasteiger partial charge is 0.301 e. The van der Waals surface area contributed by atoms with E-state index in [0.717, 1.165) is 28.1 Å². The maximum atomic E-state index is 13.8. The third kappa shape index (κ3) is 7.55. The molecule has 0 atom stereocenters. The number of hydrogen-bond acceptors (Lipinski definition) is 7. The molecule has 0 radical (unpaired) electrons. The Morgan fingerprint density at radius 1 is 0.976 bits per heavy atom. The average molecular weight is 670 g/mol. The van der Waals surface area contributed by atoms with Crippen LogP contribution in [-0.4, -0.2) is 51.8 Å². The van der Waals surface area contributed by atoms with Crippen LogP contribution in [0.3, 0.4) is 0 Å². The number of nitrogens with zero attached hydrogens (tertiary/aromatic N) is 4. The number of halogens is 4. The van der Waals surface area contributed by atoms with Gasteiger partial charge >= 0.3 is 5.91 Å². The third-order valence-corrected chi connectivity index (χ3v) is 8.15. The fraction of sp³-hybridized carbons (Fsp3) is 0.250. The van der Waals surface area contributed by atoms with Gasteiger partial charge in [-0.1, -0.05) is 52.5 Å². The van der Waals surface area contributed by atoms with Crippen LogP contribution in [0.1, 0.15) is 18.1 Å². The molecule has 0 unspecified atom stereocenters. The maximum Gasteiger partial charge on any atom is 0.301 e. The van der Waals surface area contributed by atoms with E-state index in [9.17, 15) is 13.2 Å². The van der Waals surface area contributed by atoms with Gasteiger partial charge in [-0.3, -0.25) is 4.79 Å². The van der Waals surface area contributed by atoms with Gasteiger partial charge in [0.15, 0.2) is 11.5 Å². The first-order chi connectivity index (χ1) is 19.8. The molecule has 3 aromatic carbocycles. The predicted octanol–water partition coefficient (Wildman–Crippen LogP) is 6.84. The number of carbonyl (C=O) groups is 1. The lowest BCUT2D eigenvalue weighted by molar-refractivity contribution is -0.112. The average Bonchev–Trinajstić information content (AvgIpc) is 3.18. The van der Waals surface area contributed by atoms with Crippen LogP contribution in [0.25, 0.3) is 0 Å². The van der Waals surface area contributed by atoms with Crippen molar-refractivity contribution in [3.05, 3.63) is 79.7 Å². The van der Waals surface area contributed by atoms with E-state index in [4.69, 9.17) is 51.4 Å². The molecule has 0 aliphatic carbocycles. The number of aryl methyl sites for hydroxylation is 2. The Kier molecular flexibility index (Phi) is 10.1. The Balaban J connectivity index is 1.72. The van der Waals surface area contributed by atoms with Gasteiger partial charge in [0.05, 0.1) is 32.7 Å². The lowest BCUT2D eigenvalue weighted by Crippen LogP contribution is -2.34. The molecular weight excluding hydrogens is 642 g/mol. The molecule has 0 saturated heterocycles. The molecule has 4 rings (SSSR count). The summed E-state index contributed by atoms with van der Waals surface area (Å²) in [4.78, 5) is 20.5. The van der Waals surface area contributed by atoms with Crippen molar-refractivity contribution in [2.75, 3.05) is 41.1 Å². The van der Waals surface area contributed by atoms with Crippen LogP contribution < -0.4 is 19.9 Å². The number of aliphatic imine (C=N–C) groups is 1. The summed E-state index contributed by atoms with van der Waals surface area (Å²) < 4.78 is 25.4. The van der Waals surface area contributed by atoms with Crippen molar-refractivity contribution in [3.63, 3.8) is 0 Å². The molecule has 222 valence electrons. The topological polar surface area (TPSA) is 106 Å². The Morgan fingerprint density at radius 2 is 1.67 bits per heavy atom. The number of amides is 1. The number of carbonyl (C=O) groups excluding carboxylic acids is 1. The molecule has 0 aromatic heterocycles. The fourth-order valence-electron chi connectivity index (χ4n) is 4.25. The molecule has 1 aliphatic rings. The largest absolute Gasteiger partial charge is 0.370 e. The first-order valence-corrected chi connectivity index (χ1v) is 16.2. The summed E-state index contributed by atoms with van der Waals surface area (Å²) in [5.74, 6) is -0.405. The van der Waals surface area contributed by atoms with Crippen molar-refractivity contribution >= 4 is 96.6 Å². The quantitative estimate of drug-likeness (QED) is 0.260. The van der Waals surface area contributed by atoms with Gasteiger partial charge in [-0.15, -0.1) is 5.10 Å².